The maximum absolute atomic E-state index is 13.1. The Morgan fingerprint density at radius 2 is 1.87 bits per heavy atom. The number of anilines is 1. The number of amides is 2. The number of hydrogen-bond donors (Lipinski definition) is 0. The fourth-order valence-corrected chi connectivity index (χ4v) is 5.84. The van der Waals surface area contributed by atoms with Crippen LogP contribution >= 0.6 is 23.4 Å². The van der Waals surface area contributed by atoms with Gasteiger partial charge in [-0.25, -0.2) is 9.97 Å². The van der Waals surface area contributed by atoms with Crippen molar-refractivity contribution in [3.05, 3.63) is 41.0 Å². The summed E-state index contributed by atoms with van der Waals surface area (Å²) in [5.41, 5.74) is 0.617. The molecule has 12 heteroatoms. The standard InChI is InChI=1S/C27H34ClN5O5S/c1-4-38-26(36)20-6-5-11-32(16-20)24(34)17-39-27-29-22(28)14-23(30-27)31-12-13-33(18(2)15-31)25(35)19-7-9-21(37-3)10-8-19/h7-10,14,18,20H,4-6,11-13,15-17H2,1-3H3. The van der Waals surface area contributed by atoms with Gasteiger partial charge in [-0.2, -0.15) is 0 Å². The van der Waals surface area contributed by atoms with Crippen molar-refractivity contribution in [2.24, 2.45) is 5.92 Å². The lowest BCUT2D eigenvalue weighted by Gasteiger charge is -2.40. The smallest absolute Gasteiger partial charge is 0.310 e. The monoisotopic (exact) mass is 575 g/mol. The molecule has 3 heterocycles. The van der Waals surface area contributed by atoms with Crippen LogP contribution in [0.15, 0.2) is 35.5 Å². The summed E-state index contributed by atoms with van der Waals surface area (Å²) in [4.78, 5) is 52.7. The highest BCUT2D eigenvalue weighted by atomic mass is 35.5. The van der Waals surface area contributed by atoms with E-state index in [9.17, 15) is 14.4 Å². The van der Waals surface area contributed by atoms with Crippen molar-refractivity contribution in [1.82, 2.24) is 19.8 Å². The van der Waals surface area contributed by atoms with Crippen LogP contribution in [0, 0.1) is 5.92 Å². The Bertz CT molecular complexity index is 1180. The summed E-state index contributed by atoms with van der Waals surface area (Å²) in [7, 11) is 1.59. The molecule has 1 aromatic heterocycles. The minimum Gasteiger partial charge on any atom is -0.497 e. The third-order valence-corrected chi connectivity index (χ3v) is 7.95. The number of rotatable bonds is 8. The summed E-state index contributed by atoms with van der Waals surface area (Å²) < 4.78 is 10.3. The fraction of sp³-hybridized carbons (Fsp3) is 0.519. The summed E-state index contributed by atoms with van der Waals surface area (Å²) in [5, 5.41) is 0.703. The topological polar surface area (TPSA) is 105 Å². The van der Waals surface area contributed by atoms with Crippen molar-refractivity contribution < 1.29 is 23.9 Å². The van der Waals surface area contributed by atoms with Gasteiger partial charge in [0.2, 0.25) is 5.91 Å². The summed E-state index contributed by atoms with van der Waals surface area (Å²) >= 11 is 7.55. The second kappa shape index (κ2) is 13.3. The molecule has 210 valence electrons. The van der Waals surface area contributed by atoms with Gasteiger partial charge >= 0.3 is 5.97 Å². The molecule has 4 rings (SSSR count). The van der Waals surface area contributed by atoms with E-state index in [-0.39, 0.29) is 35.5 Å². The SMILES string of the molecule is CCOC(=O)C1CCCN(C(=O)CSc2nc(Cl)cc(N3CCN(C(=O)c4ccc(OC)cc4)C(C)C3)n2)C1. The Morgan fingerprint density at radius 1 is 1.10 bits per heavy atom. The van der Waals surface area contributed by atoms with Crippen LogP contribution in [0.3, 0.4) is 0 Å². The van der Waals surface area contributed by atoms with Crippen LogP contribution in [0.1, 0.15) is 37.0 Å². The molecule has 2 unspecified atom stereocenters. The zero-order valence-corrected chi connectivity index (χ0v) is 24.0. The van der Waals surface area contributed by atoms with Gasteiger partial charge in [-0.05, 0) is 51.0 Å². The van der Waals surface area contributed by atoms with Crippen molar-refractivity contribution in [1.29, 1.82) is 0 Å². The second-order valence-electron chi connectivity index (χ2n) is 9.57. The molecule has 2 saturated heterocycles. The van der Waals surface area contributed by atoms with E-state index < -0.39 is 0 Å². The molecule has 2 atom stereocenters. The highest BCUT2D eigenvalue weighted by Gasteiger charge is 2.31. The lowest BCUT2D eigenvalue weighted by molar-refractivity contribution is -0.151. The quantitative estimate of drug-likeness (QED) is 0.203. The molecule has 2 aliphatic heterocycles. The molecule has 0 spiro atoms. The van der Waals surface area contributed by atoms with E-state index in [2.05, 4.69) is 14.9 Å². The number of carbonyl (C=O) groups excluding carboxylic acids is 3. The lowest BCUT2D eigenvalue weighted by Crippen LogP contribution is -2.54. The summed E-state index contributed by atoms with van der Waals surface area (Å²) in [6, 6.07) is 8.77. The molecule has 2 amide bonds. The molecule has 0 N–H and O–H groups in total. The first kappa shape index (κ1) is 28.9. The normalized spacial score (nSPS) is 19.5. The molecule has 0 bridgehead atoms. The van der Waals surface area contributed by atoms with E-state index in [4.69, 9.17) is 21.1 Å². The van der Waals surface area contributed by atoms with Crippen LogP contribution in [0.5, 0.6) is 5.75 Å². The third-order valence-electron chi connectivity index (χ3n) is 6.93. The molecule has 0 radical (unpaired) electrons. The molecular formula is C27H34ClN5O5S. The minimum absolute atomic E-state index is 0.0248. The first-order valence-electron chi connectivity index (χ1n) is 13.1. The number of piperazine rings is 1. The van der Waals surface area contributed by atoms with Crippen molar-refractivity contribution in [2.45, 2.75) is 37.9 Å². The Kier molecular flexibility index (Phi) is 9.90. The molecule has 10 nitrogen and oxygen atoms in total. The number of benzene rings is 1. The van der Waals surface area contributed by atoms with Crippen molar-refractivity contribution >= 4 is 47.0 Å². The zero-order chi connectivity index (χ0) is 27.9. The van der Waals surface area contributed by atoms with Gasteiger partial charge in [-0.15, -0.1) is 0 Å². The second-order valence-corrected chi connectivity index (χ2v) is 10.9. The Hall–Kier alpha value is -3.05. The molecule has 2 fully saturated rings. The van der Waals surface area contributed by atoms with Crippen LogP contribution in [-0.4, -0.2) is 95.8 Å². The molecule has 0 aliphatic carbocycles. The zero-order valence-electron chi connectivity index (χ0n) is 22.5. The van der Waals surface area contributed by atoms with E-state index >= 15 is 0 Å². The first-order chi connectivity index (χ1) is 18.8. The van der Waals surface area contributed by atoms with Gasteiger partial charge in [-0.1, -0.05) is 23.4 Å². The van der Waals surface area contributed by atoms with E-state index in [1.54, 1.807) is 49.3 Å². The number of nitrogens with zero attached hydrogens (tertiary/aromatic N) is 5. The number of piperidine rings is 1. The van der Waals surface area contributed by atoms with E-state index in [1.165, 1.54) is 11.8 Å². The number of thioether (sulfide) groups is 1. The summed E-state index contributed by atoms with van der Waals surface area (Å²) in [6.45, 7) is 6.82. The maximum Gasteiger partial charge on any atom is 0.310 e. The van der Waals surface area contributed by atoms with Gasteiger partial charge in [0.15, 0.2) is 5.16 Å². The molecule has 2 aromatic rings. The van der Waals surface area contributed by atoms with E-state index in [1.807, 2.05) is 11.8 Å². The van der Waals surface area contributed by atoms with E-state index in [0.29, 0.717) is 66.8 Å². The van der Waals surface area contributed by atoms with Crippen LogP contribution in [0.25, 0.3) is 0 Å². The third kappa shape index (κ3) is 7.33. The predicted molar refractivity (Wildman–Crippen MR) is 149 cm³/mol. The van der Waals surface area contributed by atoms with Gasteiger partial charge < -0.3 is 24.2 Å². The Labute approximate surface area is 238 Å². The van der Waals surface area contributed by atoms with Gasteiger partial charge in [0, 0.05) is 50.4 Å². The average Bonchev–Trinajstić information content (AvgIpc) is 2.95. The number of esters is 1. The number of hydrogen-bond acceptors (Lipinski definition) is 9. The van der Waals surface area contributed by atoms with Gasteiger partial charge in [0.25, 0.3) is 5.91 Å². The molecular weight excluding hydrogens is 542 g/mol. The number of halogens is 1. The van der Waals surface area contributed by atoms with E-state index in [0.717, 1.165) is 12.8 Å². The largest absolute Gasteiger partial charge is 0.497 e. The van der Waals surface area contributed by atoms with Crippen LogP contribution in [0.4, 0.5) is 5.82 Å². The highest BCUT2D eigenvalue weighted by molar-refractivity contribution is 7.99. The lowest BCUT2D eigenvalue weighted by atomic mass is 9.98. The van der Waals surface area contributed by atoms with Crippen LogP contribution in [0.2, 0.25) is 5.15 Å². The predicted octanol–water partition coefficient (Wildman–Crippen LogP) is 3.38. The highest BCUT2D eigenvalue weighted by Crippen LogP contribution is 2.26. The number of ether oxygens (including phenoxy) is 2. The molecule has 0 saturated carbocycles. The molecule has 1 aromatic carbocycles. The molecule has 2 aliphatic rings. The van der Waals surface area contributed by atoms with Crippen molar-refractivity contribution in [2.75, 3.05) is 57.1 Å². The first-order valence-corrected chi connectivity index (χ1v) is 14.5. The fourth-order valence-electron chi connectivity index (χ4n) is 4.85. The van der Waals surface area contributed by atoms with Crippen molar-refractivity contribution in [3.63, 3.8) is 0 Å². The van der Waals surface area contributed by atoms with Crippen LogP contribution in [-0.2, 0) is 14.3 Å². The number of methoxy groups -OCH3 is 1. The van der Waals surface area contributed by atoms with Gasteiger partial charge in [-0.3, -0.25) is 14.4 Å². The van der Waals surface area contributed by atoms with Gasteiger partial charge in [0.05, 0.1) is 25.4 Å². The van der Waals surface area contributed by atoms with Gasteiger partial charge in [0.1, 0.15) is 16.7 Å². The molecule has 39 heavy (non-hydrogen) atoms. The van der Waals surface area contributed by atoms with Crippen LogP contribution < -0.4 is 9.64 Å². The average molecular weight is 576 g/mol. The maximum atomic E-state index is 13.1. The number of likely N-dealkylation sites (tertiary alicyclic amines) is 1. The summed E-state index contributed by atoms with van der Waals surface area (Å²) in [5.74, 6) is 0.896. The minimum atomic E-state index is -0.279. The van der Waals surface area contributed by atoms with Crippen molar-refractivity contribution in [3.8, 4) is 5.75 Å². The Balaban J connectivity index is 1.34. The number of carbonyl (C=O) groups is 3. The Morgan fingerprint density at radius 3 is 2.56 bits per heavy atom. The summed E-state index contributed by atoms with van der Waals surface area (Å²) in [6.07, 6.45) is 1.50. The number of aromatic nitrogens is 2.